The number of halogens is 4. The molecule has 0 saturated carbocycles. The molecule has 1 aliphatic heterocycles. The van der Waals surface area contributed by atoms with Crippen molar-refractivity contribution in [2.24, 2.45) is 0 Å². The molecular formula is C23H31F4N5O3S. The predicted octanol–water partition coefficient (Wildman–Crippen LogP) is 5.64. The highest BCUT2D eigenvalue weighted by Crippen LogP contribution is 2.34. The van der Waals surface area contributed by atoms with E-state index in [9.17, 15) is 27.0 Å². The van der Waals surface area contributed by atoms with E-state index in [0.717, 1.165) is 12.8 Å². The molecule has 1 saturated heterocycles. The van der Waals surface area contributed by atoms with Gasteiger partial charge in [0.1, 0.15) is 17.1 Å². The number of carbonyl (C=O) groups is 1. The third kappa shape index (κ3) is 8.40. The second-order valence-electron chi connectivity index (χ2n) is 8.55. The Morgan fingerprint density at radius 2 is 1.92 bits per heavy atom. The summed E-state index contributed by atoms with van der Waals surface area (Å²) in [4.78, 5) is 21.5. The Kier molecular flexibility index (Phi) is 10.6. The van der Waals surface area contributed by atoms with Crippen LogP contribution in [0.15, 0.2) is 24.4 Å². The number of aromatic nitrogens is 2. The van der Waals surface area contributed by atoms with Crippen LogP contribution in [-0.4, -0.2) is 64.0 Å². The molecule has 2 aromatic rings. The Bertz CT molecular complexity index is 1020. The van der Waals surface area contributed by atoms with Crippen LogP contribution in [0.3, 0.4) is 0 Å². The zero-order valence-electron chi connectivity index (χ0n) is 20.6. The summed E-state index contributed by atoms with van der Waals surface area (Å²) in [5, 5.41) is 15.2. The number of ether oxygens (including phenoxy) is 1. The summed E-state index contributed by atoms with van der Waals surface area (Å²) in [5.41, 5.74) is -0.564. The van der Waals surface area contributed by atoms with Crippen molar-refractivity contribution in [2.45, 2.75) is 44.5 Å². The minimum atomic E-state index is -4.60. The van der Waals surface area contributed by atoms with E-state index in [1.54, 1.807) is 4.90 Å². The summed E-state index contributed by atoms with van der Waals surface area (Å²) in [6.07, 6.45) is -1.94. The highest BCUT2D eigenvalue weighted by Gasteiger charge is 2.35. The number of nitrogens with one attached hydrogen (secondary N) is 2. The SMILES string of the molecule is CCCC(C)(C)SF.CNc1nc(Nc2ccc(C(=O)N3CCOCC3)cc2O)ncc1C(F)(F)F. The van der Waals surface area contributed by atoms with Gasteiger partial charge in [-0.25, -0.2) is 4.98 Å². The number of nitrogens with zero attached hydrogens (tertiary/aromatic N) is 3. The zero-order chi connectivity index (χ0) is 26.9. The van der Waals surface area contributed by atoms with Crippen LogP contribution in [0, 0.1) is 0 Å². The standard InChI is InChI=1S/C17H18F3N5O3.C6H13FS/c1-21-14-11(17(18,19)20)9-22-16(24-14)23-12-3-2-10(8-13(12)26)15(27)25-4-6-28-7-5-25;1-4-5-6(2,3)8-7/h2-3,8-9,26H,4-7H2,1H3,(H2,21,22,23,24);4-5H2,1-3H3. The van der Waals surface area contributed by atoms with Gasteiger partial charge < -0.3 is 25.4 Å². The smallest absolute Gasteiger partial charge is 0.421 e. The molecule has 13 heteroatoms. The second kappa shape index (κ2) is 12.9. The van der Waals surface area contributed by atoms with Crippen molar-refractivity contribution in [1.29, 1.82) is 0 Å². The number of benzene rings is 1. The van der Waals surface area contributed by atoms with E-state index < -0.39 is 17.6 Å². The van der Waals surface area contributed by atoms with Crippen molar-refractivity contribution in [3.05, 3.63) is 35.5 Å². The first-order valence-corrected chi connectivity index (χ1v) is 12.0. The molecule has 3 N–H and O–H groups in total. The minimum Gasteiger partial charge on any atom is -0.506 e. The lowest BCUT2D eigenvalue weighted by Crippen LogP contribution is -2.40. The van der Waals surface area contributed by atoms with Crippen molar-refractivity contribution in [3.8, 4) is 5.75 Å². The van der Waals surface area contributed by atoms with Gasteiger partial charge in [0.05, 0.1) is 31.0 Å². The highest BCUT2D eigenvalue weighted by molar-refractivity contribution is 7.95. The molecule has 0 bridgehead atoms. The average Bonchev–Trinajstić information content (AvgIpc) is 2.85. The van der Waals surface area contributed by atoms with Crippen molar-refractivity contribution < 1.29 is 31.7 Å². The lowest BCUT2D eigenvalue weighted by atomic mass is 10.1. The number of phenols is 1. The van der Waals surface area contributed by atoms with Crippen molar-refractivity contribution in [1.82, 2.24) is 14.9 Å². The van der Waals surface area contributed by atoms with E-state index in [1.165, 1.54) is 25.2 Å². The third-order valence-electron chi connectivity index (χ3n) is 5.18. The molecule has 36 heavy (non-hydrogen) atoms. The largest absolute Gasteiger partial charge is 0.506 e. The van der Waals surface area contributed by atoms with Crippen LogP contribution in [-0.2, 0) is 10.9 Å². The molecule has 1 aromatic heterocycles. The lowest BCUT2D eigenvalue weighted by Gasteiger charge is -2.27. The molecule has 0 radical (unpaired) electrons. The molecule has 0 spiro atoms. The van der Waals surface area contributed by atoms with Gasteiger partial charge >= 0.3 is 6.18 Å². The van der Waals surface area contributed by atoms with Gasteiger partial charge in [0.2, 0.25) is 5.95 Å². The molecule has 2 heterocycles. The first-order valence-electron chi connectivity index (χ1n) is 11.3. The molecule has 1 aliphatic rings. The van der Waals surface area contributed by atoms with Gasteiger partial charge in [-0.15, -0.1) is 0 Å². The van der Waals surface area contributed by atoms with Gasteiger partial charge in [-0.3, -0.25) is 4.79 Å². The molecule has 3 rings (SSSR count). The van der Waals surface area contributed by atoms with Crippen LogP contribution in [0.25, 0.3) is 0 Å². The number of anilines is 3. The monoisotopic (exact) mass is 533 g/mol. The Balaban J connectivity index is 0.000000493. The van der Waals surface area contributed by atoms with Crippen LogP contribution in [0.5, 0.6) is 5.75 Å². The average molecular weight is 534 g/mol. The number of alkyl halides is 3. The first-order chi connectivity index (χ1) is 16.9. The fraction of sp³-hybridized carbons (Fsp3) is 0.522. The van der Waals surface area contributed by atoms with Crippen LogP contribution < -0.4 is 10.6 Å². The molecule has 200 valence electrons. The van der Waals surface area contributed by atoms with Crippen molar-refractivity contribution >= 4 is 35.5 Å². The van der Waals surface area contributed by atoms with E-state index in [-0.39, 0.29) is 33.6 Å². The van der Waals surface area contributed by atoms with Gasteiger partial charge in [-0.2, -0.15) is 22.0 Å². The van der Waals surface area contributed by atoms with Crippen LogP contribution in [0.1, 0.15) is 49.5 Å². The first kappa shape index (κ1) is 29.4. The van der Waals surface area contributed by atoms with E-state index >= 15 is 0 Å². The van der Waals surface area contributed by atoms with E-state index in [1.807, 2.05) is 13.8 Å². The third-order valence-corrected chi connectivity index (χ3v) is 5.80. The van der Waals surface area contributed by atoms with Gasteiger partial charge in [0.15, 0.2) is 0 Å². The normalized spacial score (nSPS) is 14.1. The Morgan fingerprint density at radius 1 is 1.25 bits per heavy atom. The number of aromatic hydroxyl groups is 1. The quantitative estimate of drug-likeness (QED) is 0.311. The van der Waals surface area contributed by atoms with Crippen LogP contribution in [0.4, 0.5) is 34.5 Å². The molecule has 1 amide bonds. The van der Waals surface area contributed by atoms with E-state index in [0.29, 0.717) is 44.6 Å². The summed E-state index contributed by atoms with van der Waals surface area (Å²) >= 11 is 0.452. The maximum absolute atomic E-state index is 12.9. The molecule has 0 unspecified atom stereocenters. The fourth-order valence-electron chi connectivity index (χ4n) is 3.32. The van der Waals surface area contributed by atoms with Gasteiger partial charge in [0.25, 0.3) is 5.91 Å². The number of hydrogen-bond donors (Lipinski definition) is 3. The van der Waals surface area contributed by atoms with Crippen LogP contribution >= 0.6 is 12.1 Å². The van der Waals surface area contributed by atoms with Crippen LogP contribution in [0.2, 0.25) is 0 Å². The molecule has 0 atom stereocenters. The second-order valence-corrected chi connectivity index (χ2v) is 9.81. The predicted molar refractivity (Wildman–Crippen MR) is 132 cm³/mol. The molecule has 1 aromatic carbocycles. The number of hydrogen-bond acceptors (Lipinski definition) is 8. The molecule has 8 nitrogen and oxygen atoms in total. The number of phenolic OH excluding ortho intramolecular Hbond substituents is 1. The summed E-state index contributed by atoms with van der Waals surface area (Å²) < 4.78 is 55.6. The fourth-order valence-corrected chi connectivity index (χ4v) is 3.60. The topological polar surface area (TPSA) is 99.6 Å². The molecule has 1 fully saturated rings. The minimum absolute atomic E-state index is 0.139. The van der Waals surface area contributed by atoms with Crippen molar-refractivity contribution in [2.75, 3.05) is 44.0 Å². The number of morpholine rings is 1. The Hall–Kier alpha value is -2.80. The van der Waals surface area contributed by atoms with Gasteiger partial charge in [-0.05, 0) is 38.5 Å². The number of rotatable bonds is 7. The maximum atomic E-state index is 12.9. The van der Waals surface area contributed by atoms with E-state index in [4.69, 9.17) is 4.74 Å². The van der Waals surface area contributed by atoms with E-state index in [2.05, 4.69) is 27.5 Å². The molecule has 0 aliphatic carbocycles. The summed E-state index contributed by atoms with van der Waals surface area (Å²) in [6, 6.07) is 4.22. The Labute approximate surface area is 212 Å². The number of carbonyl (C=O) groups excluding carboxylic acids is 1. The summed E-state index contributed by atoms with van der Waals surface area (Å²) in [6.45, 7) is 7.74. The van der Waals surface area contributed by atoms with Gasteiger partial charge in [-0.1, -0.05) is 13.3 Å². The highest BCUT2D eigenvalue weighted by atomic mass is 32.2. The molecular weight excluding hydrogens is 502 g/mol. The van der Waals surface area contributed by atoms with Crippen molar-refractivity contribution in [3.63, 3.8) is 0 Å². The summed E-state index contributed by atoms with van der Waals surface area (Å²) in [7, 11) is 1.31. The maximum Gasteiger partial charge on any atom is 0.421 e. The number of amides is 1. The Morgan fingerprint density at radius 3 is 2.42 bits per heavy atom. The van der Waals surface area contributed by atoms with Gasteiger partial charge in [0, 0.05) is 36.6 Å². The lowest BCUT2D eigenvalue weighted by molar-refractivity contribution is -0.137. The zero-order valence-corrected chi connectivity index (χ0v) is 21.4. The summed E-state index contributed by atoms with van der Waals surface area (Å²) in [5.74, 6) is -1.04.